The van der Waals surface area contributed by atoms with Crippen molar-refractivity contribution in [3.8, 4) is 11.3 Å². The lowest BCUT2D eigenvalue weighted by Gasteiger charge is -2.30. The number of allylic oxidation sites excluding steroid dienone is 3. The largest absolute Gasteiger partial charge is 0.497 e. The van der Waals surface area contributed by atoms with Gasteiger partial charge in [-0.1, -0.05) is 32.2 Å². The molecule has 11 nitrogen and oxygen atoms in total. The summed E-state index contributed by atoms with van der Waals surface area (Å²) in [4.78, 5) is 39.3. The number of ether oxygens (including phenoxy) is 3. The van der Waals surface area contributed by atoms with Crippen LogP contribution in [0.5, 0.6) is 0 Å². The van der Waals surface area contributed by atoms with E-state index in [4.69, 9.17) is 19.2 Å². The van der Waals surface area contributed by atoms with Crippen molar-refractivity contribution in [1.82, 2.24) is 24.6 Å². The molecule has 2 aliphatic heterocycles. The molecule has 0 bridgehead atoms. The SMILES string of the molecule is C=C(/C=C(\C(=C)OC)N(CCN1C(=O)C(=C/C)/C(=C\CC)C1=O)c1ccc2ncc(-c3cnn(C4CCCCO4)c3)nc2c1)OC. The maximum Gasteiger partial charge on any atom is 0.261 e. The van der Waals surface area contributed by atoms with Crippen LogP contribution in [0.4, 0.5) is 5.69 Å². The van der Waals surface area contributed by atoms with Crippen molar-refractivity contribution in [3.63, 3.8) is 0 Å². The summed E-state index contributed by atoms with van der Waals surface area (Å²) in [6, 6.07) is 5.67. The van der Waals surface area contributed by atoms with Gasteiger partial charge in [0, 0.05) is 54.4 Å². The van der Waals surface area contributed by atoms with E-state index < -0.39 is 0 Å². The Labute approximate surface area is 269 Å². The standard InChI is InChI=1S/C35H40N6O5/c1-7-11-28-27(8-2)34(42)40(35(28)43)16-15-39(32(24(4)45-6)18-23(3)44-5)26-13-14-29-30(19-26)38-31(21-36-29)25-20-37-41(22-25)33-12-9-10-17-46-33/h8,11,13-14,18-22,33H,3-4,7,9-10,12,15-17H2,1-2,5-6H3/b27-8+,28-11+,32-18+. The van der Waals surface area contributed by atoms with Crippen LogP contribution in [0.2, 0.25) is 0 Å². The summed E-state index contributed by atoms with van der Waals surface area (Å²) in [6.45, 7) is 12.8. The second kappa shape index (κ2) is 14.4. The number of likely N-dealkylation sites (tertiary alicyclic amines) is 1. The van der Waals surface area contributed by atoms with E-state index in [9.17, 15) is 9.59 Å². The van der Waals surface area contributed by atoms with Gasteiger partial charge in [0.1, 0.15) is 17.7 Å². The van der Waals surface area contributed by atoms with Crippen LogP contribution in [0, 0.1) is 0 Å². The van der Waals surface area contributed by atoms with Crippen LogP contribution in [0.25, 0.3) is 22.3 Å². The minimum Gasteiger partial charge on any atom is -0.497 e. The number of hydrogen-bond acceptors (Lipinski definition) is 9. The Morgan fingerprint density at radius 2 is 1.91 bits per heavy atom. The van der Waals surface area contributed by atoms with Gasteiger partial charge in [-0.25, -0.2) is 9.67 Å². The van der Waals surface area contributed by atoms with Crippen LogP contribution in [0.3, 0.4) is 0 Å². The molecule has 1 atom stereocenters. The number of aromatic nitrogens is 4. The molecule has 0 spiro atoms. The van der Waals surface area contributed by atoms with Gasteiger partial charge in [-0.3, -0.25) is 19.5 Å². The normalized spacial score (nSPS) is 18.9. The fourth-order valence-corrected chi connectivity index (χ4v) is 5.58. The highest BCUT2D eigenvalue weighted by Gasteiger charge is 2.38. The van der Waals surface area contributed by atoms with E-state index in [2.05, 4.69) is 23.2 Å². The van der Waals surface area contributed by atoms with Crippen molar-refractivity contribution in [3.05, 3.63) is 96.5 Å². The number of carbonyl (C=O) groups excluding carboxylic acids is 2. The average molecular weight is 625 g/mol. The lowest BCUT2D eigenvalue weighted by molar-refractivity contribution is -0.136. The van der Waals surface area contributed by atoms with Crippen molar-refractivity contribution in [2.45, 2.75) is 45.8 Å². The zero-order valence-electron chi connectivity index (χ0n) is 26.9. The summed E-state index contributed by atoms with van der Waals surface area (Å²) in [5, 5.41) is 4.53. The fraction of sp³-hybridized carbons (Fsp3) is 0.343. The van der Waals surface area contributed by atoms with Gasteiger partial charge in [0.05, 0.1) is 49.0 Å². The Balaban J connectivity index is 1.51. The van der Waals surface area contributed by atoms with Crippen LogP contribution in [-0.2, 0) is 23.8 Å². The molecule has 240 valence electrons. The van der Waals surface area contributed by atoms with Crippen LogP contribution in [-0.4, -0.2) is 70.4 Å². The minimum absolute atomic E-state index is 0.0798. The van der Waals surface area contributed by atoms with Crippen molar-refractivity contribution >= 4 is 28.5 Å². The molecule has 11 heteroatoms. The molecular weight excluding hydrogens is 584 g/mol. The monoisotopic (exact) mass is 624 g/mol. The number of nitrogens with zero attached hydrogens (tertiary/aromatic N) is 6. The molecule has 0 N–H and O–H groups in total. The van der Waals surface area contributed by atoms with Crippen molar-refractivity contribution in [1.29, 1.82) is 0 Å². The zero-order chi connectivity index (χ0) is 32.8. The molecule has 1 aromatic carbocycles. The summed E-state index contributed by atoms with van der Waals surface area (Å²) in [5.74, 6) is 0.0798. The molecule has 5 rings (SSSR count). The van der Waals surface area contributed by atoms with E-state index in [1.165, 1.54) is 19.1 Å². The summed E-state index contributed by atoms with van der Waals surface area (Å²) in [6.07, 6.45) is 14.3. The second-order valence-corrected chi connectivity index (χ2v) is 10.9. The third-order valence-electron chi connectivity index (χ3n) is 8.05. The molecule has 0 aliphatic carbocycles. The number of methoxy groups -OCH3 is 2. The Morgan fingerprint density at radius 1 is 1.11 bits per heavy atom. The summed E-state index contributed by atoms with van der Waals surface area (Å²) in [7, 11) is 3.04. The first-order valence-corrected chi connectivity index (χ1v) is 15.4. The lowest BCUT2D eigenvalue weighted by atomic mass is 10.1. The zero-order valence-corrected chi connectivity index (χ0v) is 26.9. The van der Waals surface area contributed by atoms with Crippen molar-refractivity contribution in [2.24, 2.45) is 0 Å². The quantitative estimate of drug-likeness (QED) is 0.106. The molecule has 3 aromatic rings. The van der Waals surface area contributed by atoms with Gasteiger partial charge in [0.2, 0.25) is 0 Å². The third kappa shape index (κ3) is 6.64. The maximum atomic E-state index is 13.3. The van der Waals surface area contributed by atoms with Gasteiger partial charge in [-0.2, -0.15) is 5.10 Å². The number of fused-ring (bicyclic) bond motifs is 1. The van der Waals surface area contributed by atoms with Gasteiger partial charge in [-0.15, -0.1) is 0 Å². The van der Waals surface area contributed by atoms with Gasteiger partial charge in [0.25, 0.3) is 11.8 Å². The summed E-state index contributed by atoms with van der Waals surface area (Å²) < 4.78 is 18.6. The summed E-state index contributed by atoms with van der Waals surface area (Å²) >= 11 is 0. The lowest BCUT2D eigenvalue weighted by Crippen LogP contribution is -2.38. The Kier molecular flexibility index (Phi) is 10.1. The molecule has 46 heavy (non-hydrogen) atoms. The Bertz CT molecular complexity index is 1750. The molecular formula is C35H40N6O5. The van der Waals surface area contributed by atoms with E-state index in [-0.39, 0.29) is 31.1 Å². The Morgan fingerprint density at radius 3 is 2.61 bits per heavy atom. The Hall–Kier alpha value is -5.03. The molecule has 0 radical (unpaired) electrons. The van der Waals surface area contributed by atoms with Gasteiger partial charge in [-0.05, 0) is 50.8 Å². The first kappa shape index (κ1) is 32.4. The molecule has 2 saturated heterocycles. The van der Waals surface area contributed by atoms with Gasteiger partial charge >= 0.3 is 0 Å². The van der Waals surface area contributed by atoms with Crippen LogP contribution >= 0.6 is 0 Å². The predicted octanol–water partition coefficient (Wildman–Crippen LogP) is 5.85. The van der Waals surface area contributed by atoms with Crippen LogP contribution < -0.4 is 4.90 Å². The van der Waals surface area contributed by atoms with Crippen molar-refractivity contribution in [2.75, 3.05) is 38.8 Å². The second-order valence-electron chi connectivity index (χ2n) is 10.9. The highest BCUT2D eigenvalue weighted by Crippen LogP contribution is 2.31. The minimum atomic E-state index is -0.322. The van der Waals surface area contributed by atoms with E-state index in [0.717, 1.165) is 31.4 Å². The maximum absolute atomic E-state index is 13.3. The number of benzene rings is 1. The first-order valence-electron chi connectivity index (χ1n) is 15.4. The average Bonchev–Trinajstić information content (AvgIpc) is 3.67. The van der Waals surface area contributed by atoms with E-state index in [1.54, 1.807) is 37.5 Å². The molecule has 2 aliphatic rings. The van der Waals surface area contributed by atoms with Gasteiger partial charge in [0.15, 0.2) is 0 Å². The fourth-order valence-electron chi connectivity index (χ4n) is 5.58. The molecule has 4 heterocycles. The third-order valence-corrected chi connectivity index (χ3v) is 8.05. The molecule has 0 saturated carbocycles. The molecule has 2 amide bonds. The van der Waals surface area contributed by atoms with Crippen LogP contribution in [0.1, 0.15) is 45.8 Å². The van der Waals surface area contributed by atoms with Gasteiger partial charge < -0.3 is 19.1 Å². The first-order chi connectivity index (χ1) is 22.3. The number of carbonyl (C=O) groups is 2. The molecule has 2 fully saturated rings. The van der Waals surface area contributed by atoms with Crippen molar-refractivity contribution < 1.29 is 23.8 Å². The number of imide groups is 1. The number of anilines is 1. The smallest absolute Gasteiger partial charge is 0.261 e. The topological polar surface area (TPSA) is 112 Å². The summed E-state index contributed by atoms with van der Waals surface area (Å²) in [5.41, 5.74) is 4.95. The highest BCUT2D eigenvalue weighted by atomic mass is 16.5. The number of hydrogen-bond donors (Lipinski definition) is 0. The van der Waals surface area contributed by atoms with E-state index in [0.29, 0.717) is 57.2 Å². The van der Waals surface area contributed by atoms with E-state index >= 15 is 0 Å². The van der Waals surface area contributed by atoms with E-state index in [1.807, 2.05) is 40.9 Å². The van der Waals surface area contributed by atoms with Crippen LogP contribution in [0.15, 0.2) is 96.5 Å². The highest BCUT2D eigenvalue weighted by molar-refractivity contribution is 6.24. The molecule has 1 unspecified atom stereocenters. The number of rotatable bonds is 12. The number of amides is 2. The predicted molar refractivity (Wildman–Crippen MR) is 176 cm³/mol. The molecule has 2 aromatic heterocycles.